The monoisotopic (exact) mass is 550 g/mol. The van der Waals surface area contributed by atoms with E-state index in [2.05, 4.69) is 10.2 Å². The summed E-state index contributed by atoms with van der Waals surface area (Å²) < 4.78 is 6.53. The van der Waals surface area contributed by atoms with Gasteiger partial charge in [-0.2, -0.15) is 0 Å². The number of carbonyl (C=O) groups excluding carboxylic acids is 1. The van der Waals surface area contributed by atoms with Crippen molar-refractivity contribution in [3.8, 4) is 11.5 Å². The molecule has 1 saturated heterocycles. The van der Waals surface area contributed by atoms with Crippen molar-refractivity contribution in [2.75, 3.05) is 13.1 Å². The number of piperidine rings is 1. The van der Waals surface area contributed by atoms with Crippen molar-refractivity contribution in [3.63, 3.8) is 0 Å². The van der Waals surface area contributed by atoms with Crippen molar-refractivity contribution in [1.29, 1.82) is 0 Å². The highest BCUT2D eigenvalue weighted by atomic mass is 16.5. The van der Waals surface area contributed by atoms with Gasteiger partial charge >= 0.3 is 11.9 Å². The van der Waals surface area contributed by atoms with Crippen LogP contribution in [0.5, 0.6) is 11.5 Å². The van der Waals surface area contributed by atoms with Crippen LogP contribution in [0.25, 0.3) is 0 Å². The lowest BCUT2D eigenvalue weighted by Gasteiger charge is -2.64. The Bertz CT molecular complexity index is 1360. The van der Waals surface area contributed by atoms with Crippen LogP contribution in [0.2, 0.25) is 0 Å². The summed E-state index contributed by atoms with van der Waals surface area (Å²) in [5, 5.41) is 41.3. The second-order valence-electron chi connectivity index (χ2n) is 11.9. The van der Waals surface area contributed by atoms with Crippen LogP contribution in [0.15, 0.2) is 36.4 Å². The van der Waals surface area contributed by atoms with Crippen LogP contribution in [-0.4, -0.2) is 80.1 Å². The summed E-state index contributed by atoms with van der Waals surface area (Å²) in [6.07, 6.45) is 5.01. The Morgan fingerprint density at radius 3 is 2.38 bits per heavy atom. The molecule has 2 aromatic rings. The Morgan fingerprint density at radius 2 is 1.73 bits per heavy atom. The topological polar surface area (TPSA) is 157 Å². The third-order valence-corrected chi connectivity index (χ3v) is 9.58. The molecule has 40 heavy (non-hydrogen) atoms. The van der Waals surface area contributed by atoms with E-state index < -0.39 is 29.1 Å². The lowest BCUT2D eigenvalue weighted by atomic mass is 9.48. The number of ether oxygens (including phenoxy) is 1. The van der Waals surface area contributed by atoms with Crippen molar-refractivity contribution >= 4 is 17.8 Å². The third kappa shape index (κ3) is 4.04. The van der Waals surface area contributed by atoms with E-state index in [9.17, 15) is 15.0 Å². The minimum atomic E-state index is -1.82. The fourth-order valence-electron chi connectivity index (χ4n) is 7.59. The van der Waals surface area contributed by atoms with Gasteiger partial charge in [-0.25, -0.2) is 9.59 Å². The highest BCUT2D eigenvalue weighted by Crippen LogP contribution is 2.65. The van der Waals surface area contributed by atoms with E-state index in [1.54, 1.807) is 6.07 Å². The van der Waals surface area contributed by atoms with Crippen molar-refractivity contribution in [3.05, 3.63) is 58.7 Å². The van der Waals surface area contributed by atoms with Crippen LogP contribution in [0.1, 0.15) is 59.2 Å². The number of carboxylic acid groups (broad SMARTS) is 2. The van der Waals surface area contributed by atoms with Gasteiger partial charge < -0.3 is 30.5 Å². The number of rotatable bonds is 4. The Hall–Kier alpha value is -3.63. The van der Waals surface area contributed by atoms with Gasteiger partial charge in [0.1, 0.15) is 6.10 Å². The van der Waals surface area contributed by atoms with Crippen LogP contribution in [0, 0.1) is 12.8 Å². The van der Waals surface area contributed by atoms with E-state index in [1.165, 1.54) is 18.4 Å². The van der Waals surface area contributed by atoms with Gasteiger partial charge in [-0.1, -0.05) is 23.8 Å². The number of phenols is 1. The number of aryl methyl sites for hydroxylation is 1. The first-order valence-electron chi connectivity index (χ1n) is 13.9. The van der Waals surface area contributed by atoms with E-state index in [4.69, 9.17) is 24.5 Å². The Balaban J connectivity index is 0.000000438. The molecule has 212 valence electrons. The molecule has 2 bridgehead atoms. The fourth-order valence-corrected chi connectivity index (χ4v) is 7.59. The zero-order valence-electron chi connectivity index (χ0n) is 22.3. The minimum absolute atomic E-state index is 0.0460. The van der Waals surface area contributed by atoms with Gasteiger partial charge in [0.25, 0.3) is 5.91 Å². The fraction of sp³-hybridized carbons (Fsp3) is 0.500. The second-order valence-corrected chi connectivity index (χ2v) is 11.9. The summed E-state index contributed by atoms with van der Waals surface area (Å²) in [4.78, 5) is 33.9. The number of aliphatic hydroxyl groups is 1. The maximum absolute atomic E-state index is 13.2. The van der Waals surface area contributed by atoms with Gasteiger partial charge in [-0.15, -0.1) is 0 Å². The maximum Gasteiger partial charge on any atom is 0.414 e. The van der Waals surface area contributed by atoms with E-state index in [1.807, 2.05) is 37.3 Å². The average molecular weight is 551 g/mol. The smallest absolute Gasteiger partial charge is 0.414 e. The molecular formula is C30H34N2O8. The molecule has 0 aromatic heterocycles. The van der Waals surface area contributed by atoms with Crippen LogP contribution < -0.4 is 10.1 Å². The van der Waals surface area contributed by atoms with Crippen molar-refractivity contribution in [2.24, 2.45) is 5.92 Å². The molecule has 1 unspecified atom stereocenters. The number of likely N-dealkylation sites (tertiary alicyclic amines) is 1. The number of amides is 1. The SMILES string of the molecule is Cc1ccc(C(=O)N[C@@H]2CC[C@@]3(O)[C@H]4Cc5ccc(O)c6c5C3(CCN4CC3CC3)[C@H]2O6)cc1.O=C(O)C(=O)O. The molecule has 2 aromatic carbocycles. The molecule has 2 heterocycles. The molecule has 5 atom stereocenters. The standard InChI is InChI=1S/C28H32N2O4.C2H2O4/c1-16-2-6-18(7-3-16)26(32)29-20-10-11-28(33)22-14-19-8-9-21(31)24-23(19)27(28,25(20)34-24)12-13-30(22)15-17-4-5-17;3-1(4)2(5)6/h2-3,6-9,17,20,22,25,31,33H,4-5,10-15H2,1H3,(H,29,32);(H,3,4)(H,5,6)/t20-,22-,25+,27?,28-;/m1./s1. The normalized spacial score (nSPS) is 31.2. The molecule has 10 nitrogen and oxygen atoms in total. The zero-order valence-corrected chi connectivity index (χ0v) is 22.3. The number of carboxylic acids is 2. The molecule has 2 aliphatic heterocycles. The second kappa shape index (κ2) is 9.49. The molecule has 1 spiro atoms. The summed E-state index contributed by atoms with van der Waals surface area (Å²) in [5.41, 5.74) is 2.38. The van der Waals surface area contributed by atoms with Gasteiger partial charge in [0.15, 0.2) is 11.5 Å². The first-order valence-corrected chi connectivity index (χ1v) is 13.9. The highest BCUT2D eigenvalue weighted by molar-refractivity contribution is 6.27. The van der Waals surface area contributed by atoms with E-state index >= 15 is 0 Å². The summed E-state index contributed by atoms with van der Waals surface area (Å²) in [7, 11) is 0. The largest absolute Gasteiger partial charge is 0.504 e. The molecular weight excluding hydrogens is 516 g/mol. The summed E-state index contributed by atoms with van der Waals surface area (Å²) in [6.45, 7) is 3.98. The van der Waals surface area contributed by atoms with Gasteiger partial charge in [-0.05, 0) is 81.7 Å². The molecule has 5 aliphatic rings. The lowest BCUT2D eigenvalue weighted by Crippen LogP contribution is -2.78. The van der Waals surface area contributed by atoms with Crippen LogP contribution in [-0.2, 0) is 21.4 Å². The maximum atomic E-state index is 13.2. The van der Waals surface area contributed by atoms with Crippen LogP contribution in [0.4, 0.5) is 0 Å². The quantitative estimate of drug-likeness (QED) is 0.360. The van der Waals surface area contributed by atoms with Crippen LogP contribution >= 0.6 is 0 Å². The number of aromatic hydroxyl groups is 1. The number of benzene rings is 2. The molecule has 3 aliphatic carbocycles. The number of hydrogen-bond acceptors (Lipinski definition) is 7. The van der Waals surface area contributed by atoms with E-state index in [-0.39, 0.29) is 23.7 Å². The minimum Gasteiger partial charge on any atom is -0.504 e. The molecule has 10 heteroatoms. The Morgan fingerprint density at radius 1 is 1.02 bits per heavy atom. The predicted molar refractivity (Wildman–Crippen MR) is 142 cm³/mol. The first kappa shape index (κ1) is 26.6. The number of phenolic OH excluding ortho intramolecular Hbond substituents is 1. The van der Waals surface area contributed by atoms with Crippen LogP contribution in [0.3, 0.4) is 0 Å². The molecule has 7 rings (SSSR count). The Kier molecular flexibility index (Phi) is 6.30. The number of carbonyl (C=O) groups is 3. The van der Waals surface area contributed by atoms with E-state index in [0.29, 0.717) is 24.2 Å². The number of aliphatic carboxylic acids is 2. The van der Waals surface area contributed by atoms with E-state index in [0.717, 1.165) is 43.0 Å². The summed E-state index contributed by atoms with van der Waals surface area (Å²) in [6, 6.07) is 11.2. The Labute approximate surface area is 231 Å². The molecule has 0 radical (unpaired) electrons. The number of hydrogen-bond donors (Lipinski definition) is 5. The van der Waals surface area contributed by atoms with Gasteiger partial charge in [0, 0.05) is 23.7 Å². The van der Waals surface area contributed by atoms with Crippen molar-refractivity contribution in [2.45, 2.75) is 74.7 Å². The predicted octanol–water partition coefficient (Wildman–Crippen LogP) is 2.22. The summed E-state index contributed by atoms with van der Waals surface area (Å²) >= 11 is 0. The number of nitrogens with zero attached hydrogens (tertiary/aromatic N) is 1. The molecule has 3 fully saturated rings. The van der Waals surface area contributed by atoms with Crippen molar-refractivity contribution in [1.82, 2.24) is 10.2 Å². The molecule has 2 saturated carbocycles. The number of nitrogens with one attached hydrogen (secondary N) is 1. The average Bonchev–Trinajstić information content (AvgIpc) is 3.66. The highest BCUT2D eigenvalue weighted by Gasteiger charge is 2.73. The third-order valence-electron chi connectivity index (χ3n) is 9.58. The zero-order chi connectivity index (χ0) is 28.4. The first-order chi connectivity index (χ1) is 19.0. The molecule has 5 N–H and O–H groups in total. The van der Waals surface area contributed by atoms with Gasteiger partial charge in [-0.3, -0.25) is 9.69 Å². The molecule has 1 amide bonds. The summed E-state index contributed by atoms with van der Waals surface area (Å²) in [5.74, 6) is -2.35. The lowest BCUT2D eigenvalue weighted by molar-refractivity contribution is -0.191. The van der Waals surface area contributed by atoms with Gasteiger partial charge in [0.2, 0.25) is 0 Å². The van der Waals surface area contributed by atoms with Crippen molar-refractivity contribution < 1.29 is 39.5 Å². The van der Waals surface area contributed by atoms with Gasteiger partial charge in [0.05, 0.1) is 17.1 Å².